The number of carbonyl (C=O) groups is 1. The van der Waals surface area contributed by atoms with E-state index in [1.165, 1.54) is 18.2 Å². The van der Waals surface area contributed by atoms with Crippen LogP contribution in [0.15, 0.2) is 18.2 Å². The molecule has 1 aromatic rings. The highest BCUT2D eigenvalue weighted by Crippen LogP contribution is 2.26. The van der Waals surface area contributed by atoms with Crippen molar-refractivity contribution in [1.29, 1.82) is 0 Å². The maximum absolute atomic E-state index is 12.0. The molecule has 1 fully saturated rings. The standard InChI is InChI=1S/C11H12BrNO3/c12-7-3-4-13(6-7)11(16)9-2-1-8(14)5-10(9)15/h1-2,5,7,14-15H,3-4,6H2. The molecule has 0 saturated carbocycles. The predicted molar refractivity (Wildman–Crippen MR) is 63.0 cm³/mol. The summed E-state index contributed by atoms with van der Waals surface area (Å²) in [5.41, 5.74) is 0.236. The quantitative estimate of drug-likeness (QED) is 0.773. The third kappa shape index (κ3) is 2.14. The molecule has 0 bridgehead atoms. The lowest BCUT2D eigenvalue weighted by molar-refractivity contribution is 0.0790. The highest BCUT2D eigenvalue weighted by molar-refractivity contribution is 9.09. The fraction of sp³-hybridized carbons (Fsp3) is 0.364. The minimum Gasteiger partial charge on any atom is -0.508 e. The molecule has 4 nitrogen and oxygen atoms in total. The molecule has 0 radical (unpaired) electrons. The van der Waals surface area contributed by atoms with Crippen LogP contribution in [0.3, 0.4) is 0 Å². The number of alkyl halides is 1. The average Bonchev–Trinajstić information content (AvgIpc) is 2.64. The Labute approximate surface area is 102 Å². The minimum atomic E-state index is -0.195. The van der Waals surface area contributed by atoms with E-state index in [-0.39, 0.29) is 23.0 Å². The van der Waals surface area contributed by atoms with E-state index >= 15 is 0 Å². The van der Waals surface area contributed by atoms with Gasteiger partial charge in [0.05, 0.1) is 5.56 Å². The number of amides is 1. The van der Waals surface area contributed by atoms with Crippen molar-refractivity contribution in [3.8, 4) is 11.5 Å². The van der Waals surface area contributed by atoms with Gasteiger partial charge in [0.2, 0.25) is 0 Å². The van der Waals surface area contributed by atoms with Gasteiger partial charge in [0.1, 0.15) is 11.5 Å². The number of likely N-dealkylation sites (tertiary alicyclic amines) is 1. The highest BCUT2D eigenvalue weighted by Gasteiger charge is 2.26. The van der Waals surface area contributed by atoms with E-state index in [0.29, 0.717) is 17.9 Å². The first-order valence-corrected chi connectivity index (χ1v) is 5.95. The molecule has 1 aromatic carbocycles. The third-order valence-corrected chi connectivity index (χ3v) is 3.38. The summed E-state index contributed by atoms with van der Waals surface area (Å²) in [5, 5.41) is 18.7. The SMILES string of the molecule is O=C(c1ccc(O)cc1O)N1CCC(Br)C1. The van der Waals surface area contributed by atoms with Gasteiger partial charge in [-0.3, -0.25) is 4.79 Å². The number of carbonyl (C=O) groups excluding carboxylic acids is 1. The Morgan fingerprint density at radius 3 is 2.75 bits per heavy atom. The lowest BCUT2D eigenvalue weighted by atomic mass is 10.1. The maximum atomic E-state index is 12.0. The molecule has 1 heterocycles. The van der Waals surface area contributed by atoms with E-state index in [2.05, 4.69) is 15.9 Å². The number of nitrogens with zero attached hydrogens (tertiary/aromatic N) is 1. The number of halogens is 1. The molecule has 1 atom stereocenters. The van der Waals surface area contributed by atoms with Crippen LogP contribution in [-0.2, 0) is 0 Å². The number of hydrogen-bond acceptors (Lipinski definition) is 3. The second kappa shape index (κ2) is 4.33. The van der Waals surface area contributed by atoms with Crippen molar-refractivity contribution in [2.24, 2.45) is 0 Å². The van der Waals surface area contributed by atoms with Gasteiger partial charge < -0.3 is 15.1 Å². The zero-order chi connectivity index (χ0) is 11.7. The molecule has 16 heavy (non-hydrogen) atoms. The summed E-state index contributed by atoms with van der Waals surface area (Å²) in [7, 11) is 0. The van der Waals surface area contributed by atoms with E-state index in [0.717, 1.165) is 6.42 Å². The van der Waals surface area contributed by atoms with Gasteiger partial charge in [-0.05, 0) is 18.6 Å². The van der Waals surface area contributed by atoms with E-state index in [4.69, 9.17) is 5.11 Å². The van der Waals surface area contributed by atoms with Crippen LogP contribution in [-0.4, -0.2) is 38.9 Å². The Morgan fingerprint density at radius 2 is 2.19 bits per heavy atom. The zero-order valence-electron chi connectivity index (χ0n) is 8.56. The molecule has 1 unspecified atom stereocenters. The summed E-state index contributed by atoms with van der Waals surface area (Å²) in [6.07, 6.45) is 0.921. The Kier molecular flexibility index (Phi) is 3.05. The summed E-state index contributed by atoms with van der Waals surface area (Å²) < 4.78 is 0. The molecule has 0 aliphatic carbocycles. The van der Waals surface area contributed by atoms with Crippen LogP contribution < -0.4 is 0 Å². The molecular weight excluding hydrogens is 274 g/mol. The molecule has 1 aliphatic rings. The molecule has 1 aliphatic heterocycles. The Morgan fingerprint density at radius 1 is 1.44 bits per heavy atom. The van der Waals surface area contributed by atoms with Crippen molar-refractivity contribution in [2.45, 2.75) is 11.2 Å². The Hall–Kier alpha value is -1.23. The predicted octanol–water partition coefficient (Wildman–Crippen LogP) is 1.71. The van der Waals surface area contributed by atoms with Crippen molar-refractivity contribution in [1.82, 2.24) is 4.90 Å². The Balaban J connectivity index is 2.21. The number of hydrogen-bond donors (Lipinski definition) is 2. The van der Waals surface area contributed by atoms with Gasteiger partial charge in [-0.1, -0.05) is 15.9 Å². The number of benzene rings is 1. The summed E-state index contributed by atoms with van der Waals surface area (Å²) in [6, 6.07) is 4.01. The molecule has 1 amide bonds. The first kappa shape index (κ1) is 11.3. The van der Waals surface area contributed by atoms with Crippen LogP contribution in [0.2, 0.25) is 0 Å². The fourth-order valence-corrected chi connectivity index (χ4v) is 2.33. The van der Waals surface area contributed by atoms with Crippen molar-refractivity contribution in [3.63, 3.8) is 0 Å². The van der Waals surface area contributed by atoms with Gasteiger partial charge in [0.25, 0.3) is 5.91 Å². The second-order valence-corrected chi connectivity index (χ2v) is 5.13. The number of rotatable bonds is 1. The molecule has 2 N–H and O–H groups in total. The fourth-order valence-electron chi connectivity index (χ4n) is 1.77. The first-order valence-electron chi connectivity index (χ1n) is 5.03. The smallest absolute Gasteiger partial charge is 0.257 e. The van der Waals surface area contributed by atoms with Gasteiger partial charge in [0, 0.05) is 24.0 Å². The van der Waals surface area contributed by atoms with Gasteiger partial charge in [-0.15, -0.1) is 0 Å². The zero-order valence-corrected chi connectivity index (χ0v) is 10.1. The largest absolute Gasteiger partial charge is 0.508 e. The van der Waals surface area contributed by atoms with Crippen molar-refractivity contribution >= 4 is 21.8 Å². The molecule has 2 rings (SSSR count). The van der Waals surface area contributed by atoms with Crippen molar-refractivity contribution in [2.75, 3.05) is 13.1 Å². The Bertz CT molecular complexity index is 422. The lowest BCUT2D eigenvalue weighted by Crippen LogP contribution is -2.28. The van der Waals surface area contributed by atoms with Gasteiger partial charge in [-0.25, -0.2) is 0 Å². The molecule has 0 spiro atoms. The number of aromatic hydroxyl groups is 2. The average molecular weight is 286 g/mol. The molecule has 0 aromatic heterocycles. The first-order chi connectivity index (χ1) is 7.58. The van der Waals surface area contributed by atoms with Crippen LogP contribution in [0.4, 0.5) is 0 Å². The molecule has 1 saturated heterocycles. The van der Waals surface area contributed by atoms with E-state index in [1.807, 2.05) is 0 Å². The summed E-state index contributed by atoms with van der Waals surface area (Å²) in [4.78, 5) is 14.0. The van der Waals surface area contributed by atoms with Crippen LogP contribution in [0, 0.1) is 0 Å². The second-order valence-electron chi connectivity index (χ2n) is 3.84. The topological polar surface area (TPSA) is 60.8 Å². The van der Waals surface area contributed by atoms with Crippen molar-refractivity contribution in [3.05, 3.63) is 23.8 Å². The summed E-state index contributed by atoms with van der Waals surface area (Å²) in [6.45, 7) is 1.34. The van der Waals surface area contributed by atoms with Gasteiger partial charge in [-0.2, -0.15) is 0 Å². The molecular formula is C11H12BrNO3. The van der Waals surface area contributed by atoms with Crippen LogP contribution in [0.1, 0.15) is 16.8 Å². The van der Waals surface area contributed by atoms with Crippen LogP contribution in [0.25, 0.3) is 0 Å². The third-order valence-electron chi connectivity index (χ3n) is 2.63. The van der Waals surface area contributed by atoms with E-state index in [9.17, 15) is 9.90 Å². The van der Waals surface area contributed by atoms with Gasteiger partial charge in [0.15, 0.2) is 0 Å². The van der Waals surface area contributed by atoms with E-state index in [1.54, 1.807) is 4.90 Å². The van der Waals surface area contributed by atoms with Crippen LogP contribution >= 0.6 is 15.9 Å². The molecule has 5 heteroatoms. The van der Waals surface area contributed by atoms with Gasteiger partial charge >= 0.3 is 0 Å². The van der Waals surface area contributed by atoms with E-state index < -0.39 is 0 Å². The highest BCUT2D eigenvalue weighted by atomic mass is 79.9. The van der Waals surface area contributed by atoms with Crippen molar-refractivity contribution < 1.29 is 15.0 Å². The summed E-state index contributed by atoms with van der Waals surface area (Å²) in [5.74, 6) is -0.420. The monoisotopic (exact) mass is 285 g/mol. The summed E-state index contributed by atoms with van der Waals surface area (Å²) >= 11 is 3.45. The minimum absolute atomic E-state index is 0.0474. The number of phenolic OH excluding ortho intramolecular Hbond substituents is 2. The van der Waals surface area contributed by atoms with Crippen LogP contribution in [0.5, 0.6) is 11.5 Å². The normalized spacial score (nSPS) is 20.1. The number of phenols is 2. The lowest BCUT2D eigenvalue weighted by Gasteiger charge is -2.16. The maximum Gasteiger partial charge on any atom is 0.257 e. The molecule has 86 valence electrons.